The number of rotatable bonds is 2. The summed E-state index contributed by atoms with van der Waals surface area (Å²) in [7, 11) is 0. The predicted molar refractivity (Wildman–Crippen MR) is 81.3 cm³/mol. The molecular formula is C17H31NO2. The highest BCUT2D eigenvalue weighted by atomic mass is 16.3. The summed E-state index contributed by atoms with van der Waals surface area (Å²) in [6.45, 7) is 8.84. The molecule has 1 heterocycles. The molecule has 1 atom stereocenters. The fourth-order valence-electron chi connectivity index (χ4n) is 3.88. The quantitative estimate of drug-likeness (QED) is 0.845. The summed E-state index contributed by atoms with van der Waals surface area (Å²) in [5.74, 6) is 1.67. The fourth-order valence-corrected chi connectivity index (χ4v) is 3.88. The summed E-state index contributed by atoms with van der Waals surface area (Å²) in [6.07, 6.45) is 6.61. The highest BCUT2D eigenvalue weighted by molar-refractivity contribution is 5.79. The summed E-state index contributed by atoms with van der Waals surface area (Å²) in [5.41, 5.74) is 0.376. The third-order valence-corrected chi connectivity index (χ3v) is 5.39. The van der Waals surface area contributed by atoms with Crippen molar-refractivity contribution in [3.63, 3.8) is 0 Å². The average Bonchev–Trinajstić information content (AvgIpc) is 2.46. The number of carbonyl (C=O) groups is 1. The first-order valence-electron chi connectivity index (χ1n) is 8.31. The Labute approximate surface area is 123 Å². The largest absolute Gasteiger partial charge is 0.396 e. The minimum absolute atomic E-state index is 0.223. The molecule has 0 aromatic heterocycles. The number of carbonyl (C=O) groups excluding carboxylic acids is 1. The topological polar surface area (TPSA) is 40.5 Å². The van der Waals surface area contributed by atoms with E-state index >= 15 is 0 Å². The molecule has 0 aromatic carbocycles. The Morgan fingerprint density at radius 3 is 2.35 bits per heavy atom. The van der Waals surface area contributed by atoms with Crippen molar-refractivity contribution >= 4 is 5.91 Å². The van der Waals surface area contributed by atoms with Crippen LogP contribution in [-0.2, 0) is 4.79 Å². The van der Waals surface area contributed by atoms with Crippen molar-refractivity contribution in [2.75, 3.05) is 19.7 Å². The number of hydrogen-bond acceptors (Lipinski definition) is 2. The number of likely N-dealkylation sites (tertiary alicyclic amines) is 1. The first-order valence-corrected chi connectivity index (χ1v) is 8.31. The second kappa shape index (κ2) is 6.46. The van der Waals surface area contributed by atoms with Gasteiger partial charge in [0.05, 0.1) is 0 Å². The zero-order chi connectivity index (χ0) is 14.8. The lowest BCUT2D eigenvalue weighted by molar-refractivity contribution is -0.139. The van der Waals surface area contributed by atoms with Crippen LogP contribution < -0.4 is 0 Å². The van der Waals surface area contributed by atoms with Crippen LogP contribution in [0.15, 0.2) is 0 Å². The maximum absolute atomic E-state index is 12.6. The molecule has 116 valence electrons. The molecule has 1 saturated carbocycles. The summed E-state index contributed by atoms with van der Waals surface area (Å²) < 4.78 is 0. The van der Waals surface area contributed by atoms with E-state index in [-0.39, 0.29) is 12.5 Å². The van der Waals surface area contributed by atoms with Crippen molar-refractivity contribution in [1.29, 1.82) is 0 Å². The zero-order valence-electron chi connectivity index (χ0n) is 13.4. The van der Waals surface area contributed by atoms with Gasteiger partial charge in [-0.2, -0.15) is 0 Å². The highest BCUT2D eigenvalue weighted by Crippen LogP contribution is 2.40. The third kappa shape index (κ3) is 3.75. The molecule has 0 aromatic rings. The van der Waals surface area contributed by atoms with E-state index in [2.05, 4.69) is 20.8 Å². The average molecular weight is 281 g/mol. The number of aliphatic hydroxyl groups is 1. The van der Waals surface area contributed by atoms with Crippen molar-refractivity contribution in [3.05, 3.63) is 0 Å². The van der Waals surface area contributed by atoms with Crippen LogP contribution in [0.5, 0.6) is 0 Å². The van der Waals surface area contributed by atoms with Crippen molar-refractivity contribution in [1.82, 2.24) is 4.90 Å². The molecule has 2 rings (SSSR count). The number of aliphatic hydroxyl groups excluding tert-OH is 1. The van der Waals surface area contributed by atoms with E-state index < -0.39 is 0 Å². The smallest absolute Gasteiger partial charge is 0.225 e. The van der Waals surface area contributed by atoms with Gasteiger partial charge in [0.15, 0.2) is 0 Å². The molecule has 0 bridgehead atoms. The molecule has 1 aliphatic carbocycles. The van der Waals surface area contributed by atoms with E-state index in [4.69, 9.17) is 0 Å². The Morgan fingerprint density at radius 1 is 1.15 bits per heavy atom. The van der Waals surface area contributed by atoms with Crippen molar-refractivity contribution in [3.8, 4) is 0 Å². The number of hydrogen-bond donors (Lipinski definition) is 1. The van der Waals surface area contributed by atoms with E-state index in [9.17, 15) is 9.90 Å². The predicted octanol–water partition coefficient (Wildman–Crippen LogP) is 3.07. The van der Waals surface area contributed by atoms with Crippen LogP contribution in [0.2, 0.25) is 0 Å². The van der Waals surface area contributed by atoms with Crippen LogP contribution >= 0.6 is 0 Å². The molecular weight excluding hydrogens is 250 g/mol. The van der Waals surface area contributed by atoms with Gasteiger partial charge >= 0.3 is 0 Å². The lowest BCUT2D eigenvalue weighted by Crippen LogP contribution is -2.44. The summed E-state index contributed by atoms with van der Waals surface area (Å²) in [4.78, 5) is 14.6. The van der Waals surface area contributed by atoms with Gasteiger partial charge in [0.25, 0.3) is 0 Å². The van der Waals surface area contributed by atoms with Crippen LogP contribution in [0.1, 0.15) is 59.3 Å². The van der Waals surface area contributed by atoms with Gasteiger partial charge in [-0.1, -0.05) is 20.8 Å². The van der Waals surface area contributed by atoms with Crippen LogP contribution in [0.4, 0.5) is 0 Å². The zero-order valence-corrected chi connectivity index (χ0v) is 13.4. The minimum Gasteiger partial charge on any atom is -0.396 e. The number of amides is 1. The van der Waals surface area contributed by atoms with E-state index in [0.717, 1.165) is 44.7 Å². The lowest BCUT2D eigenvalue weighted by Gasteiger charge is -2.39. The van der Waals surface area contributed by atoms with Gasteiger partial charge in [0, 0.05) is 25.6 Å². The minimum atomic E-state index is 0.223. The highest BCUT2D eigenvalue weighted by Gasteiger charge is 2.35. The van der Waals surface area contributed by atoms with E-state index in [0.29, 0.717) is 17.2 Å². The molecule has 1 N–H and O–H groups in total. The SMILES string of the molecule is CC(C)(C)C1CCC(C(=O)N2CCCC(CO)C2)CC1. The van der Waals surface area contributed by atoms with Crippen LogP contribution in [-0.4, -0.2) is 35.6 Å². The first-order chi connectivity index (χ1) is 9.41. The van der Waals surface area contributed by atoms with Gasteiger partial charge in [-0.3, -0.25) is 4.79 Å². The normalized spacial score (nSPS) is 32.2. The Hall–Kier alpha value is -0.570. The molecule has 1 aliphatic heterocycles. The summed E-state index contributed by atoms with van der Waals surface area (Å²) >= 11 is 0. The van der Waals surface area contributed by atoms with Crippen LogP contribution in [0.25, 0.3) is 0 Å². The lowest BCUT2D eigenvalue weighted by atomic mass is 9.69. The fraction of sp³-hybridized carbons (Fsp3) is 0.941. The molecule has 0 spiro atoms. The van der Waals surface area contributed by atoms with Crippen molar-refractivity contribution in [2.45, 2.75) is 59.3 Å². The Morgan fingerprint density at radius 2 is 1.80 bits per heavy atom. The van der Waals surface area contributed by atoms with Crippen molar-refractivity contribution < 1.29 is 9.90 Å². The van der Waals surface area contributed by atoms with E-state index in [1.165, 1.54) is 12.8 Å². The van der Waals surface area contributed by atoms with Gasteiger partial charge in [0.2, 0.25) is 5.91 Å². The molecule has 1 saturated heterocycles. The van der Waals surface area contributed by atoms with Crippen molar-refractivity contribution in [2.24, 2.45) is 23.2 Å². The Balaban J connectivity index is 1.85. The molecule has 2 fully saturated rings. The Kier molecular flexibility index (Phi) is 5.11. The molecule has 1 amide bonds. The molecule has 0 radical (unpaired) electrons. The summed E-state index contributed by atoms with van der Waals surface area (Å²) in [5, 5.41) is 9.29. The van der Waals surface area contributed by atoms with Gasteiger partial charge in [-0.25, -0.2) is 0 Å². The standard InChI is InChI=1S/C17H31NO2/c1-17(2,3)15-8-6-14(7-9-15)16(20)18-10-4-5-13(11-18)12-19/h13-15,19H,4-12H2,1-3H3. The molecule has 2 aliphatic rings. The van der Waals surface area contributed by atoms with E-state index in [1.54, 1.807) is 0 Å². The second-order valence-electron chi connectivity index (χ2n) is 7.89. The van der Waals surface area contributed by atoms with Gasteiger partial charge < -0.3 is 10.0 Å². The van der Waals surface area contributed by atoms with Gasteiger partial charge in [0.1, 0.15) is 0 Å². The number of piperidine rings is 1. The van der Waals surface area contributed by atoms with Crippen LogP contribution in [0, 0.1) is 23.2 Å². The van der Waals surface area contributed by atoms with E-state index in [1.807, 2.05) is 4.90 Å². The molecule has 20 heavy (non-hydrogen) atoms. The maximum atomic E-state index is 12.6. The Bertz CT molecular complexity index is 326. The maximum Gasteiger partial charge on any atom is 0.225 e. The first kappa shape index (κ1) is 15.8. The second-order valence-corrected chi connectivity index (χ2v) is 7.89. The van der Waals surface area contributed by atoms with Gasteiger partial charge in [-0.15, -0.1) is 0 Å². The molecule has 3 heteroatoms. The number of nitrogens with zero attached hydrogens (tertiary/aromatic N) is 1. The third-order valence-electron chi connectivity index (χ3n) is 5.39. The summed E-state index contributed by atoms with van der Waals surface area (Å²) in [6, 6.07) is 0. The molecule has 1 unspecified atom stereocenters. The monoisotopic (exact) mass is 281 g/mol. The van der Waals surface area contributed by atoms with Gasteiger partial charge in [-0.05, 0) is 55.8 Å². The molecule has 3 nitrogen and oxygen atoms in total. The van der Waals surface area contributed by atoms with Crippen LogP contribution in [0.3, 0.4) is 0 Å².